The van der Waals surface area contributed by atoms with Crippen LogP contribution in [0, 0.1) is 5.92 Å². The fourth-order valence-electron chi connectivity index (χ4n) is 4.31. The lowest BCUT2D eigenvalue weighted by Gasteiger charge is -2.24. The summed E-state index contributed by atoms with van der Waals surface area (Å²) in [7, 11) is 0. The van der Waals surface area contributed by atoms with E-state index in [0.29, 0.717) is 18.4 Å². The van der Waals surface area contributed by atoms with Crippen LogP contribution in [-0.2, 0) is 17.9 Å². The molecule has 0 bridgehead atoms. The molecule has 1 aliphatic rings. The molecule has 2 aromatic carbocycles. The van der Waals surface area contributed by atoms with E-state index in [2.05, 4.69) is 83.3 Å². The zero-order valence-corrected chi connectivity index (χ0v) is 17.9. The monoisotopic (exact) mass is 400 g/mol. The second-order valence-corrected chi connectivity index (χ2v) is 8.44. The molecular weight excluding hydrogens is 368 g/mol. The van der Waals surface area contributed by atoms with Gasteiger partial charge in [-0.2, -0.15) is 0 Å². The summed E-state index contributed by atoms with van der Waals surface area (Å²) in [5.41, 5.74) is 3.79. The minimum absolute atomic E-state index is 0.145. The van der Waals surface area contributed by atoms with Crippen LogP contribution in [0.2, 0.25) is 0 Å². The fraction of sp³-hybridized carbons (Fsp3) is 0.370. The molecule has 0 spiro atoms. The zero-order valence-electron chi connectivity index (χ0n) is 17.9. The summed E-state index contributed by atoms with van der Waals surface area (Å²) in [6, 6.07) is 25.3. The molecule has 1 aromatic heterocycles. The van der Waals surface area contributed by atoms with Gasteiger partial charge < -0.3 is 9.47 Å². The molecule has 1 aliphatic carbocycles. The van der Waals surface area contributed by atoms with Crippen LogP contribution in [-0.4, -0.2) is 21.9 Å². The molecule has 0 radical (unpaired) electrons. The molecule has 0 aliphatic heterocycles. The number of carbonyl (C=O) groups is 1. The Bertz CT molecular complexity index is 932. The van der Waals surface area contributed by atoms with Gasteiger partial charge in [-0.05, 0) is 42.0 Å². The lowest BCUT2D eigenvalue weighted by Crippen LogP contribution is -2.34. The van der Waals surface area contributed by atoms with Gasteiger partial charge in [0, 0.05) is 30.9 Å². The zero-order chi connectivity index (χ0) is 20.8. The van der Waals surface area contributed by atoms with Gasteiger partial charge in [-0.1, -0.05) is 80.4 Å². The van der Waals surface area contributed by atoms with Gasteiger partial charge in [0.1, 0.15) is 0 Å². The highest BCUT2D eigenvalue weighted by atomic mass is 16.2. The van der Waals surface area contributed by atoms with Gasteiger partial charge in [-0.3, -0.25) is 4.79 Å². The Hall–Kier alpha value is -2.81. The van der Waals surface area contributed by atoms with Crippen LogP contribution in [0.5, 0.6) is 0 Å². The maximum absolute atomic E-state index is 13.4. The third-order valence-electron chi connectivity index (χ3n) is 6.15. The largest absolute Gasteiger partial charge is 0.345 e. The van der Waals surface area contributed by atoms with E-state index in [-0.39, 0.29) is 5.92 Å². The van der Waals surface area contributed by atoms with Crippen LogP contribution in [0.25, 0.3) is 0 Å². The molecular formula is C27H32N2O. The van der Waals surface area contributed by atoms with Crippen LogP contribution < -0.4 is 0 Å². The molecule has 0 N–H and O–H groups in total. The number of hydrogen-bond donors (Lipinski definition) is 0. The number of carbonyl (C=O) groups excluding carboxylic acids is 1. The molecule has 0 unspecified atom stereocenters. The Balaban J connectivity index is 1.45. The number of unbranched alkanes of at least 4 members (excludes halogenated alkanes) is 2. The van der Waals surface area contributed by atoms with Crippen molar-refractivity contribution in [3.05, 3.63) is 95.8 Å². The minimum atomic E-state index is 0.145. The van der Waals surface area contributed by atoms with Gasteiger partial charge in [-0.25, -0.2) is 0 Å². The number of aromatic nitrogens is 1. The van der Waals surface area contributed by atoms with E-state index in [4.69, 9.17) is 0 Å². The Morgan fingerprint density at radius 2 is 1.70 bits per heavy atom. The summed E-state index contributed by atoms with van der Waals surface area (Å²) in [6.07, 6.45) is 6.52. The van der Waals surface area contributed by atoms with Gasteiger partial charge in [0.2, 0.25) is 5.91 Å². The third kappa shape index (κ3) is 5.02. The first-order valence-electron chi connectivity index (χ1n) is 11.3. The molecule has 3 heteroatoms. The molecule has 3 aromatic rings. The summed E-state index contributed by atoms with van der Waals surface area (Å²) >= 11 is 0. The molecule has 4 rings (SSSR count). The van der Waals surface area contributed by atoms with Crippen molar-refractivity contribution < 1.29 is 4.79 Å². The summed E-state index contributed by atoms with van der Waals surface area (Å²) in [4.78, 5) is 15.5. The first-order chi connectivity index (χ1) is 14.8. The van der Waals surface area contributed by atoms with Gasteiger partial charge >= 0.3 is 0 Å². The number of amides is 1. The Morgan fingerprint density at radius 1 is 0.967 bits per heavy atom. The predicted molar refractivity (Wildman–Crippen MR) is 122 cm³/mol. The van der Waals surface area contributed by atoms with Crippen molar-refractivity contribution in [2.45, 2.75) is 51.6 Å². The molecule has 3 nitrogen and oxygen atoms in total. The molecule has 1 amide bonds. The predicted octanol–water partition coefficient (Wildman–Crippen LogP) is 5.86. The SMILES string of the molecule is CCCCCN(Cc1cccn1Cc1ccccc1)C(=O)[C@H]1C[C@@H]1c1ccccc1. The second-order valence-electron chi connectivity index (χ2n) is 8.44. The van der Waals surface area contributed by atoms with Crippen molar-refractivity contribution >= 4 is 5.91 Å². The summed E-state index contributed by atoms with van der Waals surface area (Å²) < 4.78 is 2.27. The van der Waals surface area contributed by atoms with Crippen LogP contribution in [0.15, 0.2) is 79.0 Å². The third-order valence-corrected chi connectivity index (χ3v) is 6.15. The normalized spacial score (nSPS) is 17.6. The van der Waals surface area contributed by atoms with Crippen LogP contribution in [0.3, 0.4) is 0 Å². The number of nitrogens with zero attached hydrogens (tertiary/aromatic N) is 2. The van der Waals surface area contributed by atoms with Crippen molar-refractivity contribution in [1.29, 1.82) is 0 Å². The number of hydrogen-bond acceptors (Lipinski definition) is 1. The highest BCUT2D eigenvalue weighted by Crippen LogP contribution is 2.48. The summed E-state index contributed by atoms with van der Waals surface area (Å²) in [6.45, 7) is 4.60. The quantitative estimate of drug-likeness (QED) is 0.391. The van der Waals surface area contributed by atoms with E-state index < -0.39 is 0 Å². The topological polar surface area (TPSA) is 25.2 Å². The molecule has 156 valence electrons. The number of rotatable bonds is 10. The summed E-state index contributed by atoms with van der Waals surface area (Å²) in [5, 5.41) is 0. The van der Waals surface area contributed by atoms with Crippen LogP contribution in [0.1, 0.15) is 55.3 Å². The average Bonchev–Trinajstić information content (AvgIpc) is 3.48. The summed E-state index contributed by atoms with van der Waals surface area (Å²) in [5.74, 6) is 0.863. The maximum Gasteiger partial charge on any atom is 0.226 e. The van der Waals surface area contributed by atoms with Crippen LogP contribution >= 0.6 is 0 Å². The highest BCUT2D eigenvalue weighted by molar-refractivity contribution is 5.83. The Morgan fingerprint density at radius 3 is 2.43 bits per heavy atom. The van der Waals surface area contributed by atoms with E-state index in [9.17, 15) is 4.79 Å². The van der Waals surface area contributed by atoms with Crippen molar-refractivity contribution in [2.75, 3.05) is 6.54 Å². The van der Waals surface area contributed by atoms with E-state index in [1.807, 2.05) is 12.1 Å². The Labute approximate surface area is 180 Å². The van der Waals surface area contributed by atoms with E-state index in [1.54, 1.807) is 0 Å². The molecule has 1 saturated carbocycles. The maximum atomic E-state index is 13.4. The van der Waals surface area contributed by atoms with Crippen molar-refractivity contribution in [3.8, 4) is 0 Å². The fourth-order valence-corrected chi connectivity index (χ4v) is 4.31. The van der Waals surface area contributed by atoms with Crippen molar-refractivity contribution in [1.82, 2.24) is 9.47 Å². The smallest absolute Gasteiger partial charge is 0.226 e. The average molecular weight is 401 g/mol. The van der Waals surface area contributed by atoms with Gasteiger partial charge in [0.25, 0.3) is 0 Å². The molecule has 1 fully saturated rings. The molecule has 30 heavy (non-hydrogen) atoms. The lowest BCUT2D eigenvalue weighted by molar-refractivity contribution is -0.133. The lowest BCUT2D eigenvalue weighted by atomic mass is 10.1. The van der Waals surface area contributed by atoms with Gasteiger partial charge in [-0.15, -0.1) is 0 Å². The van der Waals surface area contributed by atoms with Crippen molar-refractivity contribution in [3.63, 3.8) is 0 Å². The standard InChI is InChI=1S/C27H32N2O/c1-2-3-10-17-29(27(30)26-19-25(26)23-14-8-5-9-15-23)21-24-16-11-18-28(24)20-22-12-6-4-7-13-22/h4-9,11-16,18,25-26H,2-3,10,17,19-21H2,1H3/t25-,26+/m1/s1. The molecule has 0 saturated heterocycles. The van der Waals surface area contributed by atoms with E-state index in [0.717, 1.165) is 25.9 Å². The Kier molecular flexibility index (Phi) is 6.68. The van der Waals surface area contributed by atoms with Gasteiger partial charge in [0.05, 0.1) is 6.54 Å². The second kappa shape index (κ2) is 9.80. The molecule has 1 heterocycles. The first kappa shape index (κ1) is 20.5. The number of benzene rings is 2. The van der Waals surface area contributed by atoms with Gasteiger partial charge in [0.15, 0.2) is 0 Å². The van der Waals surface area contributed by atoms with E-state index >= 15 is 0 Å². The van der Waals surface area contributed by atoms with Crippen LogP contribution in [0.4, 0.5) is 0 Å². The minimum Gasteiger partial charge on any atom is -0.345 e. The molecule has 2 atom stereocenters. The van der Waals surface area contributed by atoms with Crippen molar-refractivity contribution in [2.24, 2.45) is 5.92 Å². The van der Waals surface area contributed by atoms with E-state index in [1.165, 1.54) is 29.7 Å². The highest BCUT2D eigenvalue weighted by Gasteiger charge is 2.45. The first-order valence-corrected chi connectivity index (χ1v) is 11.3.